The number of fused-ring (bicyclic) bond motifs is 1. The van der Waals surface area contributed by atoms with Gasteiger partial charge in [-0.05, 0) is 30.7 Å². The first-order valence-electron chi connectivity index (χ1n) is 6.25. The van der Waals surface area contributed by atoms with Crippen molar-refractivity contribution in [3.8, 4) is 0 Å². The van der Waals surface area contributed by atoms with Crippen LogP contribution in [0.5, 0.6) is 0 Å². The Hall–Kier alpha value is -2.42. The predicted octanol–water partition coefficient (Wildman–Crippen LogP) is 2.82. The van der Waals surface area contributed by atoms with Gasteiger partial charge in [-0.3, -0.25) is 9.78 Å². The number of nitrogens with one attached hydrogen (secondary N) is 1. The van der Waals surface area contributed by atoms with Crippen LogP contribution in [-0.4, -0.2) is 9.97 Å². The number of para-hydroxylation sites is 1. The zero-order chi connectivity index (χ0) is 13.2. The van der Waals surface area contributed by atoms with E-state index in [0.717, 1.165) is 34.1 Å². The van der Waals surface area contributed by atoms with Crippen molar-refractivity contribution in [1.29, 1.82) is 0 Å². The Kier molecular flexibility index (Phi) is 2.88. The fourth-order valence-corrected chi connectivity index (χ4v) is 2.18. The van der Waals surface area contributed by atoms with Gasteiger partial charge < -0.3 is 4.98 Å². The number of benzene rings is 1. The number of rotatable bonds is 2. The van der Waals surface area contributed by atoms with Gasteiger partial charge in [-0.2, -0.15) is 0 Å². The van der Waals surface area contributed by atoms with Crippen molar-refractivity contribution >= 4 is 10.9 Å². The van der Waals surface area contributed by atoms with Crippen molar-refractivity contribution in [3.63, 3.8) is 0 Å². The molecule has 0 radical (unpaired) electrons. The van der Waals surface area contributed by atoms with E-state index in [4.69, 9.17) is 0 Å². The number of hydrogen-bond acceptors (Lipinski definition) is 2. The predicted molar refractivity (Wildman–Crippen MR) is 76.3 cm³/mol. The van der Waals surface area contributed by atoms with Crippen molar-refractivity contribution in [2.45, 2.75) is 13.3 Å². The molecule has 0 unspecified atom stereocenters. The van der Waals surface area contributed by atoms with Crippen molar-refractivity contribution in [2.24, 2.45) is 0 Å². The summed E-state index contributed by atoms with van der Waals surface area (Å²) in [5, 5.41) is 1.14. The summed E-state index contributed by atoms with van der Waals surface area (Å²) in [6.07, 6.45) is 2.48. The maximum absolute atomic E-state index is 11.3. The highest BCUT2D eigenvalue weighted by molar-refractivity contribution is 5.78. The molecule has 0 amide bonds. The highest BCUT2D eigenvalue weighted by Gasteiger charge is 2.02. The fraction of sp³-hybridized carbons (Fsp3) is 0.125. The monoisotopic (exact) mass is 250 g/mol. The van der Waals surface area contributed by atoms with E-state index in [-0.39, 0.29) is 5.56 Å². The lowest BCUT2D eigenvalue weighted by Crippen LogP contribution is -2.09. The molecule has 3 rings (SSSR count). The first-order valence-corrected chi connectivity index (χ1v) is 6.25. The molecule has 94 valence electrons. The molecule has 1 aromatic carbocycles. The molecule has 19 heavy (non-hydrogen) atoms. The SMILES string of the molecule is Cc1cc(Cc2ccc3ccccc3n2)c[nH]c1=O. The van der Waals surface area contributed by atoms with E-state index in [1.54, 1.807) is 6.20 Å². The molecule has 1 N–H and O–H groups in total. The minimum Gasteiger partial charge on any atom is -0.329 e. The Balaban J connectivity index is 1.96. The van der Waals surface area contributed by atoms with Crippen LogP contribution in [0.15, 0.2) is 53.5 Å². The summed E-state index contributed by atoms with van der Waals surface area (Å²) in [5.74, 6) is 0. The summed E-state index contributed by atoms with van der Waals surface area (Å²) in [4.78, 5) is 18.7. The minimum absolute atomic E-state index is 0.0322. The lowest BCUT2D eigenvalue weighted by atomic mass is 10.1. The van der Waals surface area contributed by atoms with Crippen LogP contribution in [0.3, 0.4) is 0 Å². The van der Waals surface area contributed by atoms with Crippen LogP contribution in [0.4, 0.5) is 0 Å². The van der Waals surface area contributed by atoms with E-state index < -0.39 is 0 Å². The molecule has 0 aliphatic rings. The zero-order valence-corrected chi connectivity index (χ0v) is 10.7. The number of hydrogen-bond donors (Lipinski definition) is 1. The smallest absolute Gasteiger partial charge is 0.250 e. The van der Waals surface area contributed by atoms with Gasteiger partial charge in [0.1, 0.15) is 0 Å². The molecular weight excluding hydrogens is 236 g/mol. The van der Waals surface area contributed by atoms with Crippen molar-refractivity contribution < 1.29 is 0 Å². The molecule has 3 nitrogen and oxygen atoms in total. The highest BCUT2D eigenvalue weighted by Crippen LogP contribution is 2.14. The van der Waals surface area contributed by atoms with E-state index in [9.17, 15) is 4.79 Å². The van der Waals surface area contributed by atoms with Gasteiger partial charge in [0, 0.05) is 29.3 Å². The summed E-state index contributed by atoms with van der Waals surface area (Å²) in [7, 11) is 0. The van der Waals surface area contributed by atoms with Crippen molar-refractivity contribution in [3.05, 3.63) is 75.8 Å². The van der Waals surface area contributed by atoms with E-state index in [1.165, 1.54) is 0 Å². The van der Waals surface area contributed by atoms with Gasteiger partial charge in [0.15, 0.2) is 0 Å². The van der Waals surface area contributed by atoms with Crippen molar-refractivity contribution in [2.75, 3.05) is 0 Å². The average molecular weight is 250 g/mol. The molecular formula is C16H14N2O. The number of pyridine rings is 2. The fourth-order valence-electron chi connectivity index (χ4n) is 2.18. The molecule has 3 heteroatoms. The molecule has 2 aromatic heterocycles. The number of aryl methyl sites for hydroxylation is 1. The van der Waals surface area contributed by atoms with Gasteiger partial charge in [0.25, 0.3) is 5.56 Å². The van der Waals surface area contributed by atoms with Gasteiger partial charge in [0.2, 0.25) is 0 Å². The first kappa shape index (κ1) is 11.7. The van der Waals surface area contributed by atoms with Crippen molar-refractivity contribution in [1.82, 2.24) is 9.97 Å². The van der Waals surface area contributed by atoms with Gasteiger partial charge in [-0.25, -0.2) is 0 Å². The van der Waals surface area contributed by atoms with Crippen LogP contribution < -0.4 is 5.56 Å². The van der Waals surface area contributed by atoms with E-state index in [0.29, 0.717) is 0 Å². The maximum Gasteiger partial charge on any atom is 0.250 e. The Morgan fingerprint density at radius 2 is 2.00 bits per heavy atom. The normalized spacial score (nSPS) is 10.8. The number of H-pyrrole nitrogens is 1. The van der Waals surface area contributed by atoms with Gasteiger partial charge in [-0.1, -0.05) is 24.3 Å². The molecule has 0 aliphatic carbocycles. The van der Waals surface area contributed by atoms with E-state index in [1.807, 2.05) is 37.3 Å². The molecule has 0 spiro atoms. The molecule has 0 saturated carbocycles. The molecule has 0 fully saturated rings. The summed E-state index contributed by atoms with van der Waals surface area (Å²) >= 11 is 0. The zero-order valence-electron chi connectivity index (χ0n) is 10.7. The number of nitrogens with zero attached hydrogens (tertiary/aromatic N) is 1. The number of aromatic nitrogens is 2. The molecule has 0 saturated heterocycles. The Labute approximate surface area is 111 Å². The van der Waals surface area contributed by atoms with Crippen LogP contribution in [0.2, 0.25) is 0 Å². The third-order valence-electron chi connectivity index (χ3n) is 3.19. The van der Waals surface area contributed by atoms with Crippen LogP contribution in [0.1, 0.15) is 16.8 Å². The Bertz CT molecular complexity index is 790. The summed E-state index contributed by atoms with van der Waals surface area (Å²) in [6.45, 7) is 1.82. The average Bonchev–Trinajstić information content (AvgIpc) is 2.43. The maximum atomic E-state index is 11.3. The second-order valence-electron chi connectivity index (χ2n) is 4.69. The minimum atomic E-state index is -0.0322. The Morgan fingerprint density at radius 3 is 2.84 bits per heavy atom. The summed E-state index contributed by atoms with van der Waals surface area (Å²) in [5.41, 5.74) is 3.78. The van der Waals surface area contributed by atoms with Gasteiger partial charge in [0.05, 0.1) is 5.52 Å². The third-order valence-corrected chi connectivity index (χ3v) is 3.19. The second-order valence-corrected chi connectivity index (χ2v) is 4.69. The van der Waals surface area contributed by atoms with E-state index >= 15 is 0 Å². The highest BCUT2D eigenvalue weighted by atomic mass is 16.1. The summed E-state index contributed by atoms with van der Waals surface area (Å²) < 4.78 is 0. The second kappa shape index (κ2) is 4.69. The molecule has 2 heterocycles. The van der Waals surface area contributed by atoms with Crippen LogP contribution in [0.25, 0.3) is 10.9 Å². The van der Waals surface area contributed by atoms with Gasteiger partial charge >= 0.3 is 0 Å². The lowest BCUT2D eigenvalue weighted by molar-refractivity contribution is 1.05. The molecule has 0 aliphatic heterocycles. The van der Waals surface area contributed by atoms with Crippen LogP contribution in [-0.2, 0) is 6.42 Å². The largest absolute Gasteiger partial charge is 0.329 e. The standard InChI is InChI=1S/C16H14N2O/c1-11-8-12(10-17-16(11)19)9-14-7-6-13-4-2-3-5-15(13)18-14/h2-8,10H,9H2,1H3,(H,17,19). The molecule has 0 atom stereocenters. The molecule has 3 aromatic rings. The van der Waals surface area contributed by atoms with Crippen LogP contribution >= 0.6 is 0 Å². The van der Waals surface area contributed by atoms with Crippen LogP contribution in [0, 0.1) is 6.92 Å². The van der Waals surface area contributed by atoms with Gasteiger partial charge in [-0.15, -0.1) is 0 Å². The lowest BCUT2D eigenvalue weighted by Gasteiger charge is -2.04. The number of aromatic amines is 1. The molecule has 0 bridgehead atoms. The third kappa shape index (κ3) is 2.40. The summed E-state index contributed by atoms with van der Waals surface area (Å²) in [6, 6.07) is 14.1. The van der Waals surface area contributed by atoms with E-state index in [2.05, 4.69) is 22.1 Å². The topological polar surface area (TPSA) is 45.8 Å². The first-order chi connectivity index (χ1) is 9.22. The quantitative estimate of drug-likeness (QED) is 0.760. The Morgan fingerprint density at radius 1 is 1.16 bits per heavy atom.